The Morgan fingerprint density at radius 3 is 1.44 bits per heavy atom. The van der Waals surface area contributed by atoms with Gasteiger partial charge in [0, 0.05) is 6.08 Å². The molecule has 0 aliphatic rings. The van der Waals surface area contributed by atoms with Crippen LogP contribution in [0.25, 0.3) is 0 Å². The third kappa shape index (κ3) is 3.23. The van der Waals surface area contributed by atoms with E-state index in [-0.39, 0.29) is 6.08 Å². The maximum atomic E-state index is 13.1. The Morgan fingerprint density at radius 2 is 1.12 bits per heavy atom. The Morgan fingerprint density at radius 1 is 0.760 bits per heavy atom. The van der Waals surface area contributed by atoms with Crippen molar-refractivity contribution in [2.45, 2.75) is 35.7 Å². The third-order valence-corrected chi connectivity index (χ3v) is 2.57. The minimum Gasteiger partial charge on any atom is -0.393 e. The Labute approximate surface area is 129 Å². The Hall–Kier alpha value is -1.70. The summed E-state index contributed by atoms with van der Waals surface area (Å²) < 4.78 is 168. The van der Waals surface area contributed by atoms with E-state index < -0.39 is 48.4 Å². The first kappa shape index (κ1) is 23.3. The fourth-order valence-electron chi connectivity index (χ4n) is 1.12. The Balaban J connectivity index is 6.25. The number of rotatable bonds is 8. The molecule has 0 aliphatic carbocycles. The van der Waals surface area contributed by atoms with E-state index in [0.717, 1.165) is 0 Å². The van der Waals surface area contributed by atoms with Gasteiger partial charge in [-0.3, -0.25) is 0 Å². The fourth-order valence-corrected chi connectivity index (χ4v) is 1.12. The van der Waals surface area contributed by atoms with E-state index in [0.29, 0.717) is 0 Å². The zero-order chi connectivity index (χ0) is 20.7. The minimum atomic E-state index is -7.92. The summed E-state index contributed by atoms with van der Waals surface area (Å²) in [5, 5.41) is 0. The van der Waals surface area contributed by atoms with Crippen molar-refractivity contribution in [2.75, 3.05) is 6.67 Å². The first-order valence-electron chi connectivity index (χ1n) is 5.45. The molecule has 0 rings (SSSR count). The van der Waals surface area contributed by atoms with Gasteiger partial charge in [0.2, 0.25) is 0 Å². The molecule has 0 heterocycles. The summed E-state index contributed by atoms with van der Waals surface area (Å²) in [5.41, 5.74) is 0. The van der Waals surface area contributed by atoms with Crippen molar-refractivity contribution in [2.24, 2.45) is 0 Å². The van der Waals surface area contributed by atoms with Crippen LogP contribution in [0.15, 0.2) is 12.7 Å². The van der Waals surface area contributed by atoms with Gasteiger partial charge in [-0.2, -0.15) is 52.7 Å². The van der Waals surface area contributed by atoms with Gasteiger partial charge in [0.25, 0.3) is 0 Å². The van der Waals surface area contributed by atoms with Crippen molar-refractivity contribution in [1.82, 2.24) is 0 Å². The van der Waals surface area contributed by atoms with Crippen LogP contribution in [0.5, 0.6) is 0 Å². The number of hydrogen-bond donors (Lipinski definition) is 0. The van der Waals surface area contributed by atoms with Crippen LogP contribution in [-0.2, 0) is 9.53 Å². The lowest BCUT2D eigenvalue weighted by atomic mass is 9.94. The highest BCUT2D eigenvalue weighted by Gasteiger charge is 2.91. The quantitative estimate of drug-likeness (QED) is 0.340. The highest BCUT2D eigenvalue weighted by Crippen LogP contribution is 2.60. The predicted octanol–water partition coefficient (Wildman–Crippen LogP) is 4.45. The molecule has 0 saturated carbocycles. The van der Waals surface area contributed by atoms with Gasteiger partial charge in [-0.25, -0.2) is 9.18 Å². The molecule has 0 aromatic heterocycles. The average Bonchev–Trinajstić information content (AvgIpc) is 2.45. The van der Waals surface area contributed by atoms with Gasteiger partial charge in [0.1, 0.15) is 0 Å². The van der Waals surface area contributed by atoms with Crippen molar-refractivity contribution in [1.29, 1.82) is 0 Å². The van der Waals surface area contributed by atoms with Gasteiger partial charge in [0.05, 0.1) is 0 Å². The maximum Gasteiger partial charge on any atom is 0.473 e. The van der Waals surface area contributed by atoms with Crippen molar-refractivity contribution < 1.29 is 66.6 Å². The average molecular weight is 404 g/mol. The standard InChI is InChI=1S/C10H5F13O2/c1-2-4(24)25-10(22,23)9(20,21)8(18,19)7(16,17)6(14,15)5(12,13)3-11/h2H,1,3H2. The highest BCUT2D eigenvalue weighted by molar-refractivity contribution is 5.81. The van der Waals surface area contributed by atoms with Crippen molar-refractivity contribution in [3.63, 3.8) is 0 Å². The van der Waals surface area contributed by atoms with Gasteiger partial charge in [-0.05, 0) is 0 Å². The number of alkyl halides is 13. The first-order valence-corrected chi connectivity index (χ1v) is 5.45. The Bertz CT molecular complexity index is 525. The van der Waals surface area contributed by atoms with Crippen LogP contribution in [-0.4, -0.2) is 48.4 Å². The van der Waals surface area contributed by atoms with E-state index in [1.807, 2.05) is 0 Å². The van der Waals surface area contributed by atoms with Crippen molar-refractivity contribution in [3.8, 4) is 0 Å². The Kier molecular flexibility index (Phi) is 5.81. The van der Waals surface area contributed by atoms with E-state index in [9.17, 15) is 61.9 Å². The van der Waals surface area contributed by atoms with E-state index >= 15 is 0 Å². The molecule has 148 valence electrons. The highest BCUT2D eigenvalue weighted by atomic mass is 19.4. The van der Waals surface area contributed by atoms with Crippen LogP contribution >= 0.6 is 0 Å². The normalized spacial score (nSPS) is 15.1. The van der Waals surface area contributed by atoms with E-state index in [2.05, 4.69) is 11.3 Å². The molecule has 0 fully saturated rings. The number of ether oxygens (including phenoxy) is 1. The fraction of sp³-hybridized carbons (Fsp3) is 0.700. The molecular weight excluding hydrogens is 399 g/mol. The van der Waals surface area contributed by atoms with E-state index in [1.165, 1.54) is 0 Å². The largest absolute Gasteiger partial charge is 0.473 e. The van der Waals surface area contributed by atoms with Crippen molar-refractivity contribution in [3.05, 3.63) is 12.7 Å². The van der Waals surface area contributed by atoms with E-state index in [1.54, 1.807) is 0 Å². The molecule has 0 unspecified atom stereocenters. The summed E-state index contributed by atoms with van der Waals surface area (Å²) in [5.74, 6) is -40.2. The summed E-state index contributed by atoms with van der Waals surface area (Å²) >= 11 is 0. The number of carbonyl (C=O) groups is 1. The topological polar surface area (TPSA) is 26.3 Å². The monoisotopic (exact) mass is 404 g/mol. The first-order chi connectivity index (χ1) is 10.8. The molecule has 0 N–H and O–H groups in total. The van der Waals surface area contributed by atoms with E-state index in [4.69, 9.17) is 0 Å². The van der Waals surface area contributed by atoms with Crippen LogP contribution in [0.3, 0.4) is 0 Å². The van der Waals surface area contributed by atoms with Crippen LogP contribution < -0.4 is 0 Å². The molecular formula is C10H5F13O2. The van der Waals surface area contributed by atoms with Crippen LogP contribution in [0.4, 0.5) is 57.1 Å². The zero-order valence-corrected chi connectivity index (χ0v) is 11.2. The van der Waals surface area contributed by atoms with Crippen molar-refractivity contribution >= 4 is 5.97 Å². The number of hydrogen-bond acceptors (Lipinski definition) is 2. The van der Waals surface area contributed by atoms with Gasteiger partial charge < -0.3 is 4.74 Å². The second-order valence-corrected chi connectivity index (χ2v) is 4.28. The smallest absolute Gasteiger partial charge is 0.393 e. The van der Waals surface area contributed by atoms with Gasteiger partial charge in [0.15, 0.2) is 6.67 Å². The molecule has 0 aromatic carbocycles. The molecule has 0 saturated heterocycles. The summed E-state index contributed by atoms with van der Waals surface area (Å²) in [7, 11) is 0. The lowest BCUT2D eigenvalue weighted by molar-refractivity contribution is -0.450. The minimum absolute atomic E-state index is 0.313. The molecule has 15 heteroatoms. The lowest BCUT2D eigenvalue weighted by Crippen LogP contribution is -2.71. The second-order valence-electron chi connectivity index (χ2n) is 4.28. The van der Waals surface area contributed by atoms with Crippen LogP contribution in [0.1, 0.15) is 0 Å². The molecule has 0 aromatic rings. The van der Waals surface area contributed by atoms with Crippen LogP contribution in [0, 0.1) is 0 Å². The number of carbonyl (C=O) groups excluding carboxylic acids is 1. The molecule has 0 amide bonds. The SMILES string of the molecule is C=CC(=O)OC(F)(F)C(F)(F)C(F)(F)C(F)(F)C(F)(F)C(F)(F)CF. The van der Waals surface area contributed by atoms with Gasteiger partial charge >= 0.3 is 41.7 Å². The maximum absolute atomic E-state index is 13.1. The van der Waals surface area contributed by atoms with Gasteiger partial charge in [-0.15, -0.1) is 0 Å². The molecule has 0 bridgehead atoms. The molecule has 0 aliphatic heterocycles. The lowest BCUT2D eigenvalue weighted by Gasteiger charge is -2.40. The summed E-state index contributed by atoms with van der Waals surface area (Å²) in [4.78, 5) is 10.3. The molecule has 2 nitrogen and oxygen atoms in total. The molecule has 0 spiro atoms. The summed E-state index contributed by atoms with van der Waals surface area (Å²) in [6.07, 6.45) is -7.17. The zero-order valence-electron chi connectivity index (χ0n) is 11.2. The van der Waals surface area contributed by atoms with Gasteiger partial charge in [-0.1, -0.05) is 6.58 Å². The molecule has 0 radical (unpaired) electrons. The molecule has 0 atom stereocenters. The number of halogens is 13. The van der Waals surface area contributed by atoms with Crippen LogP contribution in [0.2, 0.25) is 0 Å². The summed E-state index contributed by atoms with van der Waals surface area (Å²) in [6, 6.07) is 0. The number of esters is 1. The third-order valence-electron chi connectivity index (χ3n) is 2.57. The molecule has 25 heavy (non-hydrogen) atoms. The predicted molar refractivity (Wildman–Crippen MR) is 51.9 cm³/mol. The summed E-state index contributed by atoms with van der Waals surface area (Å²) in [6.45, 7) is -1.34. The second kappa shape index (κ2) is 6.23.